The van der Waals surface area contributed by atoms with Gasteiger partial charge in [-0.1, -0.05) is 42.5 Å². The molecule has 0 heterocycles. The lowest BCUT2D eigenvalue weighted by molar-refractivity contribution is 0.460. The average molecular weight is 262 g/mol. The van der Waals surface area contributed by atoms with E-state index >= 15 is 0 Å². The summed E-state index contributed by atoms with van der Waals surface area (Å²) in [5.41, 5.74) is 0. The third kappa shape index (κ3) is 3.18. The first-order valence-corrected chi connectivity index (χ1v) is 6.46. The van der Waals surface area contributed by atoms with E-state index in [9.17, 15) is 0 Å². The van der Waals surface area contributed by atoms with Crippen LogP contribution in [0.5, 0.6) is 23.0 Å². The minimum absolute atomic E-state index is 0.754. The molecule has 0 aliphatic heterocycles. The Bertz CT molecular complexity index is 607. The van der Waals surface area contributed by atoms with E-state index in [2.05, 4.69) is 0 Å². The second kappa shape index (κ2) is 5.93. The van der Waals surface area contributed by atoms with Crippen molar-refractivity contribution in [2.24, 2.45) is 0 Å². The molecule has 0 aliphatic rings. The van der Waals surface area contributed by atoms with Crippen molar-refractivity contribution < 1.29 is 9.47 Å². The predicted octanol–water partition coefficient (Wildman–Crippen LogP) is 5.27. The Morgan fingerprint density at radius 3 is 1.25 bits per heavy atom. The number of hydrogen-bond donors (Lipinski definition) is 0. The molecule has 2 heteroatoms. The van der Waals surface area contributed by atoms with Crippen LogP contribution in [0.1, 0.15) is 0 Å². The fraction of sp³-hybridized carbons (Fsp3) is 0. The highest BCUT2D eigenvalue weighted by Gasteiger charge is 2.00. The Morgan fingerprint density at radius 2 is 0.800 bits per heavy atom. The largest absolute Gasteiger partial charge is 0.457 e. The van der Waals surface area contributed by atoms with Crippen molar-refractivity contribution in [2.75, 3.05) is 0 Å². The Morgan fingerprint density at radius 1 is 0.400 bits per heavy atom. The number of benzene rings is 3. The van der Waals surface area contributed by atoms with Crippen molar-refractivity contribution >= 4 is 0 Å². The van der Waals surface area contributed by atoms with Crippen LogP contribution in [0.3, 0.4) is 0 Å². The predicted molar refractivity (Wildman–Crippen MR) is 79.5 cm³/mol. The lowest BCUT2D eigenvalue weighted by Gasteiger charge is -2.08. The van der Waals surface area contributed by atoms with Gasteiger partial charge in [0, 0.05) is 6.07 Å². The van der Waals surface area contributed by atoms with Gasteiger partial charge in [0.2, 0.25) is 0 Å². The molecule has 0 spiro atoms. The van der Waals surface area contributed by atoms with Gasteiger partial charge in [-0.15, -0.1) is 0 Å². The maximum Gasteiger partial charge on any atom is 0.131 e. The van der Waals surface area contributed by atoms with Crippen LogP contribution in [-0.2, 0) is 0 Å². The molecule has 3 aromatic carbocycles. The van der Waals surface area contributed by atoms with Gasteiger partial charge in [0.15, 0.2) is 0 Å². The van der Waals surface area contributed by atoms with Gasteiger partial charge in [0.05, 0.1) is 0 Å². The van der Waals surface area contributed by atoms with E-state index in [0.29, 0.717) is 0 Å². The summed E-state index contributed by atoms with van der Waals surface area (Å²) in [4.78, 5) is 0. The molecule has 0 radical (unpaired) electrons. The first-order valence-electron chi connectivity index (χ1n) is 6.46. The highest BCUT2D eigenvalue weighted by atomic mass is 16.5. The summed E-state index contributed by atoms with van der Waals surface area (Å²) in [6.45, 7) is 0. The van der Waals surface area contributed by atoms with Gasteiger partial charge in [0.1, 0.15) is 23.0 Å². The molecule has 0 fully saturated rings. The Hall–Kier alpha value is -2.74. The molecule has 0 atom stereocenters. The molecule has 98 valence electrons. The minimum Gasteiger partial charge on any atom is -0.457 e. The Balaban J connectivity index is 1.76. The van der Waals surface area contributed by atoms with Crippen LogP contribution in [0.25, 0.3) is 0 Å². The normalized spacial score (nSPS) is 10.0. The third-order valence-electron chi connectivity index (χ3n) is 2.76. The van der Waals surface area contributed by atoms with Crippen molar-refractivity contribution in [3.63, 3.8) is 0 Å². The maximum absolute atomic E-state index is 5.78. The summed E-state index contributed by atoms with van der Waals surface area (Å²) >= 11 is 0. The van der Waals surface area contributed by atoms with E-state index in [-0.39, 0.29) is 0 Å². The summed E-state index contributed by atoms with van der Waals surface area (Å²) in [6, 6.07) is 27.0. The van der Waals surface area contributed by atoms with Crippen molar-refractivity contribution in [1.29, 1.82) is 0 Å². The summed E-state index contributed by atoms with van der Waals surface area (Å²) < 4.78 is 11.6. The summed E-state index contributed by atoms with van der Waals surface area (Å²) in [5, 5.41) is 0. The van der Waals surface area contributed by atoms with Crippen LogP contribution < -0.4 is 9.47 Å². The zero-order chi connectivity index (χ0) is 13.6. The molecule has 3 rings (SSSR count). The molecule has 0 saturated carbocycles. The molecule has 0 aliphatic carbocycles. The average Bonchev–Trinajstić information content (AvgIpc) is 2.50. The molecule has 0 bridgehead atoms. The summed E-state index contributed by atoms with van der Waals surface area (Å²) in [7, 11) is 0. The lowest BCUT2D eigenvalue weighted by atomic mass is 10.3. The molecule has 20 heavy (non-hydrogen) atoms. The second-order valence-corrected chi connectivity index (χ2v) is 4.31. The fourth-order valence-corrected chi connectivity index (χ4v) is 1.85. The van der Waals surface area contributed by atoms with E-state index in [1.165, 1.54) is 0 Å². The number of para-hydroxylation sites is 2. The summed E-state index contributed by atoms with van der Waals surface area (Å²) in [5.74, 6) is 3.13. The van der Waals surface area contributed by atoms with Gasteiger partial charge < -0.3 is 9.47 Å². The van der Waals surface area contributed by atoms with Crippen molar-refractivity contribution in [3.8, 4) is 23.0 Å². The SMILES string of the molecule is c1ccc(Oc2cccc(Oc3ccccc3)c2)cc1. The van der Waals surface area contributed by atoms with E-state index in [4.69, 9.17) is 9.47 Å². The van der Waals surface area contributed by atoms with Gasteiger partial charge in [0.25, 0.3) is 0 Å². The molecule has 2 nitrogen and oxygen atoms in total. The molecule has 0 unspecified atom stereocenters. The van der Waals surface area contributed by atoms with Crippen molar-refractivity contribution in [1.82, 2.24) is 0 Å². The number of ether oxygens (including phenoxy) is 2. The van der Waals surface area contributed by atoms with Gasteiger partial charge in [-0.25, -0.2) is 0 Å². The smallest absolute Gasteiger partial charge is 0.131 e. The maximum atomic E-state index is 5.78. The number of hydrogen-bond acceptors (Lipinski definition) is 2. The molecule has 0 aromatic heterocycles. The standard InChI is InChI=1S/C18H14O2/c1-3-8-15(9-4-1)19-17-12-7-13-18(14-17)20-16-10-5-2-6-11-16/h1-14H. The quantitative estimate of drug-likeness (QED) is 0.637. The molecular weight excluding hydrogens is 248 g/mol. The molecular formula is C18H14O2. The monoisotopic (exact) mass is 262 g/mol. The van der Waals surface area contributed by atoms with Gasteiger partial charge >= 0.3 is 0 Å². The van der Waals surface area contributed by atoms with Crippen LogP contribution in [0.4, 0.5) is 0 Å². The van der Waals surface area contributed by atoms with Gasteiger partial charge in [-0.2, -0.15) is 0 Å². The van der Waals surface area contributed by atoms with E-state index in [0.717, 1.165) is 23.0 Å². The van der Waals surface area contributed by atoms with E-state index in [1.54, 1.807) is 0 Å². The zero-order valence-corrected chi connectivity index (χ0v) is 10.9. The first-order chi connectivity index (χ1) is 9.90. The van der Waals surface area contributed by atoms with Crippen LogP contribution >= 0.6 is 0 Å². The highest BCUT2D eigenvalue weighted by Crippen LogP contribution is 2.27. The lowest BCUT2D eigenvalue weighted by Crippen LogP contribution is -1.86. The third-order valence-corrected chi connectivity index (χ3v) is 2.76. The van der Waals surface area contributed by atoms with Crippen LogP contribution in [0.15, 0.2) is 84.9 Å². The zero-order valence-electron chi connectivity index (χ0n) is 10.9. The van der Waals surface area contributed by atoms with Gasteiger partial charge in [-0.05, 0) is 36.4 Å². The molecule has 0 saturated heterocycles. The van der Waals surface area contributed by atoms with Crippen molar-refractivity contribution in [2.45, 2.75) is 0 Å². The number of rotatable bonds is 4. The van der Waals surface area contributed by atoms with Crippen molar-refractivity contribution in [3.05, 3.63) is 84.9 Å². The van der Waals surface area contributed by atoms with E-state index in [1.807, 2.05) is 84.9 Å². The van der Waals surface area contributed by atoms with Crippen LogP contribution in [-0.4, -0.2) is 0 Å². The Kier molecular flexibility index (Phi) is 3.65. The topological polar surface area (TPSA) is 18.5 Å². The second-order valence-electron chi connectivity index (χ2n) is 4.31. The minimum atomic E-state index is 0.754. The van der Waals surface area contributed by atoms with Crippen LogP contribution in [0, 0.1) is 0 Å². The molecule has 0 N–H and O–H groups in total. The first kappa shape index (κ1) is 12.3. The fourth-order valence-electron chi connectivity index (χ4n) is 1.85. The summed E-state index contributed by atoms with van der Waals surface area (Å²) in [6.07, 6.45) is 0. The molecule has 0 amide bonds. The Labute approximate surface area is 118 Å². The van der Waals surface area contributed by atoms with E-state index < -0.39 is 0 Å². The van der Waals surface area contributed by atoms with Gasteiger partial charge in [-0.3, -0.25) is 0 Å². The molecule has 3 aromatic rings. The highest BCUT2D eigenvalue weighted by molar-refractivity contribution is 5.39. The van der Waals surface area contributed by atoms with Crippen LogP contribution in [0.2, 0.25) is 0 Å².